The number of nitrogens with one attached hydrogen (secondary N) is 1. The molecule has 1 aromatic carbocycles. The maximum Gasteiger partial charge on any atom is 0.251 e. The summed E-state index contributed by atoms with van der Waals surface area (Å²) < 4.78 is 10.3. The van der Waals surface area contributed by atoms with Crippen LogP contribution >= 0.6 is 0 Å². The molecular formula is C15H23NO3. The molecule has 0 aliphatic rings. The highest BCUT2D eigenvalue weighted by molar-refractivity contribution is 5.94. The molecule has 0 unspecified atom stereocenters. The van der Waals surface area contributed by atoms with Crippen LogP contribution < -0.4 is 10.1 Å². The number of hydrogen-bond acceptors (Lipinski definition) is 3. The molecule has 0 aliphatic heterocycles. The van der Waals surface area contributed by atoms with Crippen LogP contribution in [0.4, 0.5) is 0 Å². The summed E-state index contributed by atoms with van der Waals surface area (Å²) in [5.41, 5.74) is 1.51. The Morgan fingerprint density at radius 1 is 1.32 bits per heavy atom. The van der Waals surface area contributed by atoms with Crippen LogP contribution in [0.1, 0.15) is 36.2 Å². The van der Waals surface area contributed by atoms with E-state index in [1.807, 2.05) is 6.07 Å². The maximum absolute atomic E-state index is 12.0. The van der Waals surface area contributed by atoms with Crippen LogP contribution in [-0.2, 0) is 11.3 Å². The lowest BCUT2D eigenvalue weighted by Gasteiger charge is -2.11. The van der Waals surface area contributed by atoms with Crippen LogP contribution in [0.25, 0.3) is 0 Å². The van der Waals surface area contributed by atoms with Gasteiger partial charge in [-0.15, -0.1) is 0 Å². The monoisotopic (exact) mass is 265 g/mol. The fourth-order valence-electron chi connectivity index (χ4n) is 1.76. The molecule has 0 bridgehead atoms. The smallest absolute Gasteiger partial charge is 0.251 e. The van der Waals surface area contributed by atoms with Gasteiger partial charge in [0.2, 0.25) is 0 Å². The Hall–Kier alpha value is -1.55. The summed E-state index contributed by atoms with van der Waals surface area (Å²) in [5.74, 6) is 1.27. The molecule has 1 rings (SSSR count). The first-order valence-electron chi connectivity index (χ1n) is 6.52. The SMILES string of the molecule is COCc1cc(C(=O)NCCC(C)C)ccc1OC. The van der Waals surface area contributed by atoms with Crippen LogP contribution in [0.2, 0.25) is 0 Å². The van der Waals surface area contributed by atoms with E-state index in [0.717, 1.165) is 17.7 Å². The van der Waals surface area contributed by atoms with Gasteiger partial charge in [0.15, 0.2) is 0 Å². The highest BCUT2D eigenvalue weighted by atomic mass is 16.5. The number of carbonyl (C=O) groups is 1. The van der Waals surface area contributed by atoms with Gasteiger partial charge in [0.25, 0.3) is 5.91 Å². The van der Waals surface area contributed by atoms with Crippen molar-refractivity contribution < 1.29 is 14.3 Å². The van der Waals surface area contributed by atoms with Gasteiger partial charge < -0.3 is 14.8 Å². The Morgan fingerprint density at radius 3 is 2.63 bits per heavy atom. The topological polar surface area (TPSA) is 47.6 Å². The molecule has 106 valence electrons. The van der Waals surface area contributed by atoms with E-state index in [4.69, 9.17) is 9.47 Å². The number of rotatable bonds is 7. The van der Waals surface area contributed by atoms with Crippen molar-refractivity contribution in [3.05, 3.63) is 29.3 Å². The number of carbonyl (C=O) groups excluding carboxylic acids is 1. The molecule has 1 aromatic rings. The van der Waals surface area contributed by atoms with Gasteiger partial charge in [0, 0.05) is 24.8 Å². The number of amides is 1. The molecule has 0 saturated carbocycles. The second kappa shape index (κ2) is 7.79. The van der Waals surface area contributed by atoms with E-state index >= 15 is 0 Å². The van der Waals surface area contributed by atoms with Crippen molar-refractivity contribution in [2.24, 2.45) is 5.92 Å². The molecule has 1 amide bonds. The van der Waals surface area contributed by atoms with Gasteiger partial charge in [0.05, 0.1) is 13.7 Å². The predicted octanol–water partition coefficient (Wildman–Crippen LogP) is 2.62. The highest BCUT2D eigenvalue weighted by Gasteiger charge is 2.10. The molecule has 1 N–H and O–H groups in total. The third-order valence-corrected chi connectivity index (χ3v) is 2.85. The summed E-state index contributed by atoms with van der Waals surface area (Å²) in [7, 11) is 3.23. The zero-order chi connectivity index (χ0) is 14.3. The number of methoxy groups -OCH3 is 2. The lowest BCUT2D eigenvalue weighted by molar-refractivity contribution is 0.0951. The second-order valence-electron chi connectivity index (χ2n) is 4.90. The Bertz CT molecular complexity index is 416. The van der Waals surface area contributed by atoms with Crippen molar-refractivity contribution in [1.29, 1.82) is 0 Å². The molecule has 0 fully saturated rings. The minimum atomic E-state index is -0.0549. The number of benzene rings is 1. The molecule has 0 aromatic heterocycles. The third kappa shape index (κ3) is 4.91. The van der Waals surface area contributed by atoms with E-state index in [9.17, 15) is 4.79 Å². The van der Waals surface area contributed by atoms with E-state index in [1.54, 1.807) is 26.4 Å². The summed E-state index contributed by atoms with van der Waals surface area (Å²) in [6.07, 6.45) is 0.979. The summed E-state index contributed by atoms with van der Waals surface area (Å²) in [6, 6.07) is 5.38. The molecule has 0 radical (unpaired) electrons. The van der Waals surface area contributed by atoms with E-state index in [0.29, 0.717) is 24.6 Å². The second-order valence-corrected chi connectivity index (χ2v) is 4.90. The van der Waals surface area contributed by atoms with Crippen LogP contribution in [-0.4, -0.2) is 26.7 Å². The van der Waals surface area contributed by atoms with Crippen molar-refractivity contribution in [3.8, 4) is 5.75 Å². The van der Waals surface area contributed by atoms with E-state index in [2.05, 4.69) is 19.2 Å². The van der Waals surface area contributed by atoms with Crippen molar-refractivity contribution in [1.82, 2.24) is 5.32 Å². The first-order chi connectivity index (χ1) is 9.08. The van der Waals surface area contributed by atoms with Gasteiger partial charge in [-0.1, -0.05) is 13.8 Å². The molecule has 0 heterocycles. The Labute approximate surface area is 115 Å². The number of hydrogen-bond donors (Lipinski definition) is 1. The van der Waals surface area contributed by atoms with E-state index in [-0.39, 0.29) is 5.91 Å². The minimum Gasteiger partial charge on any atom is -0.496 e. The fourth-order valence-corrected chi connectivity index (χ4v) is 1.76. The molecule has 4 heteroatoms. The molecule has 0 aliphatic carbocycles. The first kappa shape index (κ1) is 15.5. The minimum absolute atomic E-state index is 0.0549. The highest BCUT2D eigenvalue weighted by Crippen LogP contribution is 2.20. The van der Waals surface area contributed by atoms with Gasteiger partial charge >= 0.3 is 0 Å². The normalized spacial score (nSPS) is 10.6. The quantitative estimate of drug-likeness (QED) is 0.824. The molecular weight excluding hydrogens is 242 g/mol. The maximum atomic E-state index is 12.0. The Balaban J connectivity index is 2.71. The van der Waals surface area contributed by atoms with Gasteiger partial charge in [-0.2, -0.15) is 0 Å². The summed E-state index contributed by atoms with van der Waals surface area (Å²) >= 11 is 0. The van der Waals surface area contributed by atoms with Crippen molar-refractivity contribution in [2.75, 3.05) is 20.8 Å². The predicted molar refractivity (Wildman–Crippen MR) is 75.5 cm³/mol. The first-order valence-corrected chi connectivity index (χ1v) is 6.52. The lowest BCUT2D eigenvalue weighted by Crippen LogP contribution is -2.25. The average Bonchev–Trinajstić information content (AvgIpc) is 2.38. The number of ether oxygens (including phenoxy) is 2. The average molecular weight is 265 g/mol. The van der Waals surface area contributed by atoms with Gasteiger partial charge in [0.1, 0.15) is 5.75 Å². The zero-order valence-corrected chi connectivity index (χ0v) is 12.2. The van der Waals surface area contributed by atoms with Crippen LogP contribution in [0.5, 0.6) is 5.75 Å². The van der Waals surface area contributed by atoms with Crippen LogP contribution in [0.15, 0.2) is 18.2 Å². The molecule has 4 nitrogen and oxygen atoms in total. The Kier molecular flexibility index (Phi) is 6.36. The summed E-state index contributed by atoms with van der Waals surface area (Å²) in [4.78, 5) is 12.0. The summed E-state index contributed by atoms with van der Waals surface area (Å²) in [5, 5.41) is 2.92. The molecule has 0 saturated heterocycles. The lowest BCUT2D eigenvalue weighted by atomic mass is 10.1. The van der Waals surface area contributed by atoms with Gasteiger partial charge in [-0.3, -0.25) is 4.79 Å². The van der Waals surface area contributed by atoms with Crippen molar-refractivity contribution >= 4 is 5.91 Å². The van der Waals surface area contributed by atoms with E-state index in [1.165, 1.54) is 0 Å². The molecule has 19 heavy (non-hydrogen) atoms. The third-order valence-electron chi connectivity index (χ3n) is 2.85. The fraction of sp³-hybridized carbons (Fsp3) is 0.533. The van der Waals surface area contributed by atoms with Gasteiger partial charge in [-0.25, -0.2) is 0 Å². The van der Waals surface area contributed by atoms with Crippen molar-refractivity contribution in [3.63, 3.8) is 0 Å². The van der Waals surface area contributed by atoms with Crippen molar-refractivity contribution in [2.45, 2.75) is 26.9 Å². The molecule has 0 spiro atoms. The summed E-state index contributed by atoms with van der Waals surface area (Å²) in [6.45, 7) is 5.39. The van der Waals surface area contributed by atoms with Crippen LogP contribution in [0.3, 0.4) is 0 Å². The largest absolute Gasteiger partial charge is 0.496 e. The van der Waals surface area contributed by atoms with E-state index < -0.39 is 0 Å². The zero-order valence-electron chi connectivity index (χ0n) is 12.2. The van der Waals surface area contributed by atoms with Gasteiger partial charge in [-0.05, 0) is 30.5 Å². The molecule has 0 atom stereocenters. The standard InChI is InChI=1S/C15H23NO3/c1-11(2)7-8-16-15(17)12-5-6-14(19-4)13(9-12)10-18-3/h5-6,9,11H,7-8,10H2,1-4H3,(H,16,17). The Morgan fingerprint density at radius 2 is 2.05 bits per heavy atom. The van der Waals surface area contributed by atoms with Crippen LogP contribution in [0, 0.1) is 5.92 Å².